The maximum Gasteiger partial charge on any atom is 0.240 e. The highest BCUT2D eigenvalue weighted by Gasteiger charge is 2.38. The standard InChI is InChI=1S/C11H22N2O3S/c1-2-17(15,16)13-10(14)11(9-12)7-5-3-4-6-8-11/h2-9,12H2,1H3,(H,13,14). The minimum atomic E-state index is -3.48. The summed E-state index contributed by atoms with van der Waals surface area (Å²) in [4.78, 5) is 12.1. The zero-order valence-corrected chi connectivity index (χ0v) is 11.2. The van der Waals surface area contributed by atoms with E-state index in [1.807, 2.05) is 0 Å². The highest BCUT2D eigenvalue weighted by molar-refractivity contribution is 7.90. The van der Waals surface area contributed by atoms with Gasteiger partial charge in [0.25, 0.3) is 0 Å². The normalized spacial score (nSPS) is 20.6. The summed E-state index contributed by atoms with van der Waals surface area (Å²) in [7, 11) is -3.48. The molecule has 0 heterocycles. The van der Waals surface area contributed by atoms with Crippen LogP contribution in [0.2, 0.25) is 0 Å². The average molecular weight is 262 g/mol. The van der Waals surface area contributed by atoms with Crippen molar-refractivity contribution in [3.8, 4) is 0 Å². The zero-order valence-electron chi connectivity index (χ0n) is 10.4. The topological polar surface area (TPSA) is 89.3 Å². The van der Waals surface area contributed by atoms with Crippen LogP contribution in [0.25, 0.3) is 0 Å². The Balaban J connectivity index is 2.81. The third-order valence-electron chi connectivity index (χ3n) is 3.56. The zero-order chi connectivity index (χ0) is 12.9. The third kappa shape index (κ3) is 3.67. The maximum atomic E-state index is 12.1. The molecule has 17 heavy (non-hydrogen) atoms. The molecule has 0 bridgehead atoms. The number of hydrogen-bond donors (Lipinski definition) is 2. The molecule has 0 aliphatic heterocycles. The number of sulfonamides is 1. The van der Waals surface area contributed by atoms with E-state index in [1.54, 1.807) is 0 Å². The van der Waals surface area contributed by atoms with E-state index in [1.165, 1.54) is 6.92 Å². The van der Waals surface area contributed by atoms with Crippen LogP contribution in [0.5, 0.6) is 0 Å². The molecule has 1 aliphatic rings. The van der Waals surface area contributed by atoms with Gasteiger partial charge in [-0.3, -0.25) is 9.52 Å². The van der Waals surface area contributed by atoms with Crippen LogP contribution in [0, 0.1) is 5.41 Å². The Bertz CT molecular complexity index is 357. The molecule has 0 radical (unpaired) electrons. The molecular formula is C11H22N2O3S. The van der Waals surface area contributed by atoms with Crippen LogP contribution in [-0.2, 0) is 14.8 Å². The smallest absolute Gasteiger partial charge is 0.240 e. The summed E-state index contributed by atoms with van der Waals surface area (Å²) in [6, 6.07) is 0. The van der Waals surface area contributed by atoms with Crippen LogP contribution in [0.3, 0.4) is 0 Å². The molecular weight excluding hydrogens is 240 g/mol. The molecule has 5 nitrogen and oxygen atoms in total. The highest BCUT2D eigenvalue weighted by Crippen LogP contribution is 2.34. The molecule has 1 fully saturated rings. The molecule has 0 unspecified atom stereocenters. The molecule has 0 atom stereocenters. The van der Waals surface area contributed by atoms with Gasteiger partial charge in [-0.15, -0.1) is 0 Å². The van der Waals surface area contributed by atoms with Gasteiger partial charge in [0.1, 0.15) is 0 Å². The van der Waals surface area contributed by atoms with Gasteiger partial charge in [0.2, 0.25) is 15.9 Å². The molecule has 0 aromatic rings. The summed E-state index contributed by atoms with van der Waals surface area (Å²) < 4.78 is 25.0. The minimum Gasteiger partial charge on any atom is -0.329 e. The van der Waals surface area contributed by atoms with Crippen molar-refractivity contribution in [2.24, 2.45) is 11.1 Å². The quantitative estimate of drug-likeness (QED) is 0.732. The predicted octanol–water partition coefficient (Wildman–Crippen LogP) is 0.752. The van der Waals surface area contributed by atoms with Crippen molar-refractivity contribution in [3.63, 3.8) is 0 Å². The van der Waals surface area contributed by atoms with Gasteiger partial charge in [-0.1, -0.05) is 25.7 Å². The van der Waals surface area contributed by atoms with E-state index in [2.05, 4.69) is 4.72 Å². The fourth-order valence-electron chi connectivity index (χ4n) is 2.25. The highest BCUT2D eigenvalue weighted by atomic mass is 32.2. The van der Waals surface area contributed by atoms with E-state index < -0.39 is 21.3 Å². The second-order valence-electron chi connectivity index (χ2n) is 4.73. The van der Waals surface area contributed by atoms with E-state index in [4.69, 9.17) is 5.73 Å². The fraction of sp³-hybridized carbons (Fsp3) is 0.909. The van der Waals surface area contributed by atoms with Gasteiger partial charge in [-0.05, 0) is 19.8 Å². The summed E-state index contributed by atoms with van der Waals surface area (Å²) in [5.74, 6) is -0.497. The van der Waals surface area contributed by atoms with Crippen molar-refractivity contribution >= 4 is 15.9 Å². The van der Waals surface area contributed by atoms with Crippen LogP contribution in [0.15, 0.2) is 0 Å². The van der Waals surface area contributed by atoms with Crippen LogP contribution in [0.4, 0.5) is 0 Å². The molecule has 1 amide bonds. The van der Waals surface area contributed by atoms with Gasteiger partial charge in [0, 0.05) is 6.54 Å². The lowest BCUT2D eigenvalue weighted by Crippen LogP contribution is -2.48. The number of rotatable bonds is 4. The van der Waals surface area contributed by atoms with E-state index >= 15 is 0 Å². The second kappa shape index (κ2) is 5.82. The van der Waals surface area contributed by atoms with Crippen molar-refractivity contribution in [3.05, 3.63) is 0 Å². The van der Waals surface area contributed by atoms with Gasteiger partial charge in [0.05, 0.1) is 11.2 Å². The van der Waals surface area contributed by atoms with E-state index in [0.29, 0.717) is 12.8 Å². The van der Waals surface area contributed by atoms with Gasteiger partial charge >= 0.3 is 0 Å². The summed E-state index contributed by atoms with van der Waals surface area (Å²) in [6.07, 6.45) is 5.45. The molecule has 0 aromatic heterocycles. The van der Waals surface area contributed by atoms with Crippen LogP contribution < -0.4 is 10.5 Å². The Morgan fingerprint density at radius 3 is 2.18 bits per heavy atom. The Morgan fingerprint density at radius 1 is 1.24 bits per heavy atom. The van der Waals surface area contributed by atoms with E-state index in [0.717, 1.165) is 25.7 Å². The van der Waals surface area contributed by atoms with Crippen molar-refractivity contribution in [1.29, 1.82) is 0 Å². The first kappa shape index (κ1) is 14.4. The van der Waals surface area contributed by atoms with Crippen molar-refractivity contribution in [2.45, 2.75) is 45.4 Å². The Hall–Kier alpha value is -0.620. The number of hydrogen-bond acceptors (Lipinski definition) is 4. The number of carbonyl (C=O) groups excluding carboxylic acids is 1. The average Bonchev–Trinajstić information content (AvgIpc) is 2.54. The maximum absolute atomic E-state index is 12.1. The molecule has 1 saturated carbocycles. The summed E-state index contributed by atoms with van der Waals surface area (Å²) in [5, 5.41) is 0. The molecule has 1 aliphatic carbocycles. The van der Waals surface area contributed by atoms with Gasteiger partial charge < -0.3 is 5.73 Å². The molecule has 6 heteroatoms. The number of amides is 1. The molecule has 0 aromatic carbocycles. The fourth-order valence-corrected chi connectivity index (χ4v) is 2.89. The first-order valence-corrected chi connectivity index (χ1v) is 7.86. The van der Waals surface area contributed by atoms with Crippen molar-refractivity contribution in [2.75, 3.05) is 12.3 Å². The molecule has 0 spiro atoms. The Kier molecular flexibility index (Phi) is 4.94. The SMILES string of the molecule is CCS(=O)(=O)NC(=O)C1(CN)CCCCCC1. The Labute approximate surface area is 103 Å². The van der Waals surface area contributed by atoms with Gasteiger partial charge in [-0.25, -0.2) is 8.42 Å². The predicted molar refractivity (Wildman–Crippen MR) is 66.8 cm³/mol. The lowest BCUT2D eigenvalue weighted by atomic mass is 9.80. The lowest BCUT2D eigenvalue weighted by Gasteiger charge is -2.29. The molecule has 3 N–H and O–H groups in total. The lowest BCUT2D eigenvalue weighted by molar-refractivity contribution is -0.129. The van der Waals surface area contributed by atoms with Crippen molar-refractivity contribution < 1.29 is 13.2 Å². The number of nitrogens with one attached hydrogen (secondary N) is 1. The summed E-state index contributed by atoms with van der Waals surface area (Å²) in [6.45, 7) is 1.73. The van der Waals surface area contributed by atoms with E-state index in [9.17, 15) is 13.2 Å². The van der Waals surface area contributed by atoms with Gasteiger partial charge in [0.15, 0.2) is 0 Å². The van der Waals surface area contributed by atoms with Gasteiger partial charge in [-0.2, -0.15) is 0 Å². The van der Waals surface area contributed by atoms with Crippen molar-refractivity contribution in [1.82, 2.24) is 4.72 Å². The first-order valence-electron chi connectivity index (χ1n) is 6.21. The first-order chi connectivity index (χ1) is 7.96. The largest absolute Gasteiger partial charge is 0.329 e. The van der Waals surface area contributed by atoms with E-state index in [-0.39, 0.29) is 12.3 Å². The van der Waals surface area contributed by atoms with Crippen LogP contribution in [-0.4, -0.2) is 26.6 Å². The molecule has 1 rings (SSSR count). The summed E-state index contributed by atoms with van der Waals surface area (Å²) in [5.41, 5.74) is 5.03. The monoisotopic (exact) mass is 262 g/mol. The second-order valence-corrected chi connectivity index (χ2v) is 6.74. The third-order valence-corrected chi connectivity index (χ3v) is 4.82. The number of nitrogens with two attached hydrogens (primary N) is 1. The number of carbonyl (C=O) groups is 1. The molecule has 0 saturated heterocycles. The Morgan fingerprint density at radius 2 is 1.76 bits per heavy atom. The summed E-state index contributed by atoms with van der Waals surface area (Å²) >= 11 is 0. The van der Waals surface area contributed by atoms with Crippen LogP contribution in [0.1, 0.15) is 45.4 Å². The van der Waals surface area contributed by atoms with Crippen LogP contribution >= 0.6 is 0 Å². The minimum absolute atomic E-state index is 0.0839. The molecule has 100 valence electrons.